The molecule has 86 valence electrons. The summed E-state index contributed by atoms with van der Waals surface area (Å²) in [6, 6.07) is 2.85. The molecule has 0 amide bonds. The van der Waals surface area contributed by atoms with Crippen LogP contribution >= 0.6 is 15.9 Å². The van der Waals surface area contributed by atoms with Crippen molar-refractivity contribution in [1.29, 1.82) is 5.26 Å². The van der Waals surface area contributed by atoms with Crippen LogP contribution in [0.15, 0.2) is 10.5 Å². The topological polar surface area (TPSA) is 55.1 Å². The number of hydrogen-bond donors (Lipinski definition) is 0. The molecule has 1 aromatic rings. The minimum absolute atomic E-state index is 0.00361. The quantitative estimate of drug-likeness (QED) is 0.842. The first-order chi connectivity index (χ1) is 7.37. The summed E-state index contributed by atoms with van der Waals surface area (Å²) in [4.78, 5) is 3.41. The summed E-state index contributed by atoms with van der Waals surface area (Å²) in [6.45, 7) is 0. The van der Waals surface area contributed by atoms with Gasteiger partial charge in [0.25, 0.3) is 0 Å². The Morgan fingerprint density at radius 1 is 1.44 bits per heavy atom. The fraction of sp³-hybridized carbons (Fsp3) is 0.250. The summed E-state index contributed by atoms with van der Waals surface area (Å²) in [7, 11) is 1.19. The van der Waals surface area contributed by atoms with Crippen LogP contribution in [0.25, 0.3) is 0 Å². The first-order valence-corrected chi connectivity index (χ1v) is 4.57. The molecule has 16 heavy (non-hydrogen) atoms. The fourth-order valence-corrected chi connectivity index (χ4v) is 1.27. The van der Waals surface area contributed by atoms with Gasteiger partial charge in [0.2, 0.25) is 11.8 Å². The number of alkyl halides is 3. The standard InChI is InChI=1S/C8H4BrF3N2O2/c1-15-6-4(3-13)2-5(9)7(14-6)16-8(10,11)12/h2H,1H3. The van der Waals surface area contributed by atoms with Gasteiger partial charge in [0.15, 0.2) is 0 Å². The van der Waals surface area contributed by atoms with Gasteiger partial charge in [0, 0.05) is 0 Å². The van der Waals surface area contributed by atoms with Gasteiger partial charge in [0.05, 0.1) is 11.6 Å². The van der Waals surface area contributed by atoms with Gasteiger partial charge in [-0.15, -0.1) is 13.2 Å². The van der Waals surface area contributed by atoms with Crippen LogP contribution in [0.4, 0.5) is 13.2 Å². The molecule has 1 rings (SSSR count). The molecule has 0 N–H and O–H groups in total. The van der Waals surface area contributed by atoms with Crippen molar-refractivity contribution in [3.8, 4) is 17.8 Å². The number of halogens is 4. The minimum Gasteiger partial charge on any atom is -0.480 e. The van der Waals surface area contributed by atoms with Gasteiger partial charge in [-0.25, -0.2) is 0 Å². The second kappa shape index (κ2) is 4.57. The first-order valence-electron chi connectivity index (χ1n) is 3.77. The number of nitrogens with zero attached hydrogens (tertiary/aromatic N) is 2. The number of nitriles is 1. The summed E-state index contributed by atoms with van der Waals surface area (Å²) in [5.41, 5.74) is 0.00361. The van der Waals surface area contributed by atoms with E-state index in [0.29, 0.717) is 0 Å². The molecule has 0 radical (unpaired) electrons. The zero-order valence-corrected chi connectivity index (χ0v) is 9.39. The Bertz CT molecular complexity index is 442. The predicted octanol–water partition coefficient (Wildman–Crippen LogP) is 2.62. The average Bonchev–Trinajstić information content (AvgIpc) is 2.18. The largest absolute Gasteiger partial charge is 0.574 e. The van der Waals surface area contributed by atoms with E-state index in [1.54, 1.807) is 6.07 Å². The summed E-state index contributed by atoms with van der Waals surface area (Å²) in [6.07, 6.45) is -4.85. The highest BCUT2D eigenvalue weighted by Gasteiger charge is 2.33. The third-order valence-corrected chi connectivity index (χ3v) is 2.00. The molecule has 0 atom stereocenters. The van der Waals surface area contributed by atoms with Gasteiger partial charge in [-0.2, -0.15) is 10.2 Å². The van der Waals surface area contributed by atoms with Crippen molar-refractivity contribution in [1.82, 2.24) is 4.98 Å². The Hall–Kier alpha value is -1.49. The van der Waals surface area contributed by atoms with Crippen molar-refractivity contribution >= 4 is 15.9 Å². The van der Waals surface area contributed by atoms with Crippen molar-refractivity contribution in [2.45, 2.75) is 6.36 Å². The minimum atomic E-state index is -4.85. The lowest BCUT2D eigenvalue weighted by Crippen LogP contribution is -2.18. The van der Waals surface area contributed by atoms with Crippen LogP contribution < -0.4 is 9.47 Å². The molecular formula is C8H4BrF3N2O2. The number of rotatable bonds is 2. The number of ether oxygens (including phenoxy) is 2. The highest BCUT2D eigenvalue weighted by molar-refractivity contribution is 9.10. The fourth-order valence-electron chi connectivity index (χ4n) is 0.873. The van der Waals surface area contributed by atoms with Gasteiger partial charge < -0.3 is 9.47 Å². The van der Waals surface area contributed by atoms with E-state index in [1.807, 2.05) is 0 Å². The SMILES string of the molecule is COc1nc(OC(F)(F)F)c(Br)cc1C#N. The van der Waals surface area contributed by atoms with Crippen molar-refractivity contribution in [3.63, 3.8) is 0 Å². The molecule has 0 aromatic carbocycles. The Morgan fingerprint density at radius 2 is 2.06 bits per heavy atom. The third kappa shape index (κ3) is 3.00. The van der Waals surface area contributed by atoms with Gasteiger partial charge in [-0.3, -0.25) is 0 Å². The van der Waals surface area contributed by atoms with Crippen molar-refractivity contribution in [2.75, 3.05) is 7.11 Å². The number of pyridine rings is 1. The lowest BCUT2D eigenvalue weighted by Gasteiger charge is -2.11. The molecule has 0 aliphatic heterocycles. The second-order valence-corrected chi connectivity index (χ2v) is 3.35. The predicted molar refractivity (Wildman–Crippen MR) is 49.9 cm³/mol. The van der Waals surface area contributed by atoms with Crippen molar-refractivity contribution < 1.29 is 22.6 Å². The van der Waals surface area contributed by atoms with Crippen molar-refractivity contribution in [2.24, 2.45) is 0 Å². The van der Waals surface area contributed by atoms with Crippen LogP contribution in [0, 0.1) is 11.3 Å². The average molecular weight is 297 g/mol. The van der Waals surface area contributed by atoms with E-state index in [4.69, 9.17) is 5.26 Å². The van der Waals surface area contributed by atoms with E-state index in [9.17, 15) is 13.2 Å². The van der Waals surface area contributed by atoms with E-state index in [1.165, 1.54) is 7.11 Å². The maximum absolute atomic E-state index is 12.0. The summed E-state index contributed by atoms with van der Waals surface area (Å²) < 4.78 is 44.0. The van der Waals surface area contributed by atoms with Crippen LogP contribution in [0.2, 0.25) is 0 Å². The molecule has 0 saturated heterocycles. The van der Waals surface area contributed by atoms with E-state index in [0.717, 1.165) is 6.07 Å². The molecule has 0 aliphatic rings. The monoisotopic (exact) mass is 296 g/mol. The van der Waals surface area contributed by atoms with Crippen LogP contribution in [0.1, 0.15) is 5.56 Å². The first kappa shape index (κ1) is 12.6. The molecule has 1 heterocycles. The molecule has 8 heteroatoms. The number of methoxy groups -OCH3 is 1. The van der Waals surface area contributed by atoms with Crippen LogP contribution in [-0.4, -0.2) is 18.5 Å². The van der Waals surface area contributed by atoms with Gasteiger partial charge >= 0.3 is 6.36 Å². The number of aromatic nitrogens is 1. The maximum Gasteiger partial charge on any atom is 0.574 e. The smallest absolute Gasteiger partial charge is 0.480 e. The Morgan fingerprint density at radius 3 is 2.50 bits per heavy atom. The Balaban J connectivity index is 3.18. The van der Waals surface area contributed by atoms with Crippen LogP contribution in [-0.2, 0) is 0 Å². The second-order valence-electron chi connectivity index (χ2n) is 2.49. The summed E-state index contributed by atoms with van der Waals surface area (Å²) in [5, 5.41) is 8.64. The number of hydrogen-bond acceptors (Lipinski definition) is 4. The van der Waals surface area contributed by atoms with Gasteiger partial charge in [0.1, 0.15) is 11.6 Å². The van der Waals surface area contributed by atoms with Gasteiger partial charge in [-0.1, -0.05) is 0 Å². The third-order valence-electron chi connectivity index (χ3n) is 1.44. The normalized spacial score (nSPS) is 10.8. The van der Waals surface area contributed by atoms with E-state index >= 15 is 0 Å². The molecular weight excluding hydrogens is 293 g/mol. The van der Waals surface area contributed by atoms with Gasteiger partial charge in [-0.05, 0) is 22.0 Å². The van der Waals surface area contributed by atoms with E-state index in [2.05, 4.69) is 30.4 Å². The van der Waals surface area contributed by atoms with Crippen molar-refractivity contribution in [3.05, 3.63) is 16.1 Å². The summed E-state index contributed by atoms with van der Waals surface area (Å²) in [5.74, 6) is -0.937. The Kier molecular flexibility index (Phi) is 3.59. The zero-order chi connectivity index (χ0) is 12.3. The lowest BCUT2D eigenvalue weighted by molar-refractivity contribution is -0.276. The zero-order valence-electron chi connectivity index (χ0n) is 7.80. The molecule has 4 nitrogen and oxygen atoms in total. The molecule has 0 spiro atoms. The van der Waals surface area contributed by atoms with Crippen LogP contribution in [0.3, 0.4) is 0 Å². The molecule has 0 unspecified atom stereocenters. The van der Waals surface area contributed by atoms with E-state index in [-0.39, 0.29) is 15.9 Å². The van der Waals surface area contributed by atoms with Crippen LogP contribution in [0.5, 0.6) is 11.8 Å². The highest BCUT2D eigenvalue weighted by atomic mass is 79.9. The lowest BCUT2D eigenvalue weighted by atomic mass is 10.3. The van der Waals surface area contributed by atoms with E-state index < -0.39 is 12.2 Å². The molecule has 0 bridgehead atoms. The molecule has 1 aromatic heterocycles. The molecule has 0 aliphatic carbocycles. The maximum atomic E-state index is 12.0. The molecule has 0 fully saturated rings. The Labute approximate surface area is 96.7 Å². The molecule has 0 saturated carbocycles. The summed E-state index contributed by atoms with van der Waals surface area (Å²) >= 11 is 2.81. The highest BCUT2D eigenvalue weighted by Crippen LogP contribution is 2.32.